The summed E-state index contributed by atoms with van der Waals surface area (Å²) in [5.41, 5.74) is -0.0550. The van der Waals surface area contributed by atoms with E-state index in [0.29, 0.717) is 5.56 Å². The van der Waals surface area contributed by atoms with Crippen molar-refractivity contribution in [1.29, 1.82) is 0 Å². The number of benzene rings is 1. The summed E-state index contributed by atoms with van der Waals surface area (Å²) in [6.45, 7) is 0. The molecule has 0 saturated carbocycles. The summed E-state index contributed by atoms with van der Waals surface area (Å²) in [5.74, 6) is -0.428. The Morgan fingerprint density at radius 3 is 2.52 bits per heavy atom. The third kappa shape index (κ3) is 4.29. The third-order valence-electron chi connectivity index (χ3n) is 3.22. The minimum atomic E-state index is -4.45. The average Bonchev–Trinajstić information content (AvgIpc) is 2.47. The maximum atomic E-state index is 12.7. The Kier molecular flexibility index (Phi) is 5.00. The maximum Gasteiger partial charge on any atom is 0.416 e. The second-order valence-electron chi connectivity index (χ2n) is 5.22. The van der Waals surface area contributed by atoms with Crippen LogP contribution in [0, 0.1) is 0 Å². The first-order chi connectivity index (χ1) is 10.8. The van der Waals surface area contributed by atoms with Gasteiger partial charge >= 0.3 is 6.18 Å². The summed E-state index contributed by atoms with van der Waals surface area (Å²) in [4.78, 5) is 18.1. The molecular weight excluding hydrogens is 307 g/mol. The number of carbonyl (C=O) groups excluding carboxylic acids is 1. The van der Waals surface area contributed by atoms with Gasteiger partial charge in [0, 0.05) is 18.1 Å². The summed E-state index contributed by atoms with van der Waals surface area (Å²) in [6, 6.07) is 7.33. The van der Waals surface area contributed by atoms with Gasteiger partial charge in [0.15, 0.2) is 0 Å². The number of hydrogen-bond acceptors (Lipinski definition) is 3. The Balaban J connectivity index is 2.23. The minimum absolute atomic E-state index is 0.0977. The van der Waals surface area contributed by atoms with E-state index in [-0.39, 0.29) is 5.69 Å². The molecule has 0 aliphatic heterocycles. The molecule has 122 valence electrons. The highest BCUT2D eigenvalue weighted by Gasteiger charge is 2.31. The quantitative estimate of drug-likeness (QED) is 0.938. The number of nitrogens with one attached hydrogen (secondary N) is 1. The zero-order valence-electron chi connectivity index (χ0n) is 12.6. The van der Waals surface area contributed by atoms with Gasteiger partial charge in [0.05, 0.1) is 5.56 Å². The van der Waals surface area contributed by atoms with E-state index in [1.54, 1.807) is 43.5 Å². The first kappa shape index (κ1) is 17.0. The molecule has 0 spiro atoms. The van der Waals surface area contributed by atoms with Gasteiger partial charge in [0.2, 0.25) is 5.91 Å². The summed E-state index contributed by atoms with van der Waals surface area (Å²) < 4.78 is 38.2. The lowest BCUT2D eigenvalue weighted by Crippen LogP contribution is -2.32. The third-order valence-corrected chi connectivity index (χ3v) is 3.22. The zero-order chi connectivity index (χ0) is 17.0. The molecule has 7 heteroatoms. The Morgan fingerprint density at radius 2 is 1.96 bits per heavy atom. The van der Waals surface area contributed by atoms with Crippen LogP contribution in [0.3, 0.4) is 0 Å². The standard InChI is InChI=1S/C16H16F3N3O/c1-22(2)14(11-5-4-8-20-10-11)15(23)21-13-7-3-6-12(9-13)16(17,18)19/h3-10,14H,1-2H3,(H,21,23). The highest BCUT2D eigenvalue weighted by molar-refractivity contribution is 5.95. The first-order valence-corrected chi connectivity index (χ1v) is 6.83. The molecule has 0 bridgehead atoms. The fourth-order valence-electron chi connectivity index (χ4n) is 2.21. The fraction of sp³-hybridized carbons (Fsp3) is 0.250. The number of nitrogens with zero attached hydrogens (tertiary/aromatic N) is 2. The van der Waals surface area contributed by atoms with E-state index >= 15 is 0 Å². The molecule has 1 unspecified atom stereocenters. The lowest BCUT2D eigenvalue weighted by molar-refractivity contribution is -0.137. The first-order valence-electron chi connectivity index (χ1n) is 6.83. The van der Waals surface area contributed by atoms with E-state index < -0.39 is 23.7 Å². The van der Waals surface area contributed by atoms with Crippen molar-refractivity contribution in [2.24, 2.45) is 0 Å². The number of carbonyl (C=O) groups is 1. The number of halogens is 3. The van der Waals surface area contributed by atoms with Gasteiger partial charge in [0.25, 0.3) is 0 Å². The monoisotopic (exact) mass is 323 g/mol. The van der Waals surface area contributed by atoms with Gasteiger partial charge in [-0.2, -0.15) is 13.2 Å². The largest absolute Gasteiger partial charge is 0.416 e. The molecule has 1 aromatic carbocycles. The van der Waals surface area contributed by atoms with Crippen molar-refractivity contribution in [3.8, 4) is 0 Å². The van der Waals surface area contributed by atoms with E-state index in [1.807, 2.05) is 0 Å². The van der Waals surface area contributed by atoms with E-state index in [9.17, 15) is 18.0 Å². The van der Waals surface area contributed by atoms with Crippen LogP contribution in [0.5, 0.6) is 0 Å². The number of likely N-dealkylation sites (N-methyl/N-ethyl adjacent to an activating group) is 1. The van der Waals surface area contributed by atoms with Crippen molar-refractivity contribution in [2.45, 2.75) is 12.2 Å². The average molecular weight is 323 g/mol. The molecule has 4 nitrogen and oxygen atoms in total. The molecule has 23 heavy (non-hydrogen) atoms. The van der Waals surface area contributed by atoms with Crippen LogP contribution in [0.25, 0.3) is 0 Å². The molecule has 1 amide bonds. The molecule has 0 aliphatic rings. The maximum absolute atomic E-state index is 12.7. The fourth-order valence-corrected chi connectivity index (χ4v) is 2.21. The van der Waals surface area contributed by atoms with Gasteiger partial charge in [-0.15, -0.1) is 0 Å². The van der Waals surface area contributed by atoms with Crippen LogP contribution in [0.2, 0.25) is 0 Å². The number of alkyl halides is 3. The van der Waals surface area contributed by atoms with Gasteiger partial charge < -0.3 is 5.32 Å². The van der Waals surface area contributed by atoms with Crippen LogP contribution < -0.4 is 5.32 Å². The molecule has 2 rings (SSSR count). The predicted molar refractivity (Wildman–Crippen MR) is 80.7 cm³/mol. The molecule has 2 aromatic rings. The Bertz CT molecular complexity index is 672. The van der Waals surface area contributed by atoms with E-state index in [4.69, 9.17) is 0 Å². The van der Waals surface area contributed by atoms with Crippen molar-refractivity contribution in [3.63, 3.8) is 0 Å². The van der Waals surface area contributed by atoms with Gasteiger partial charge in [-0.1, -0.05) is 12.1 Å². The van der Waals surface area contributed by atoms with E-state index in [0.717, 1.165) is 12.1 Å². The summed E-state index contributed by atoms with van der Waals surface area (Å²) in [7, 11) is 3.42. The van der Waals surface area contributed by atoms with Gasteiger partial charge in [0.1, 0.15) is 6.04 Å². The summed E-state index contributed by atoms with van der Waals surface area (Å²) in [5, 5.41) is 2.53. The smallest absolute Gasteiger partial charge is 0.324 e. The molecule has 1 N–H and O–H groups in total. The SMILES string of the molecule is CN(C)C(C(=O)Nc1cccc(C(F)(F)F)c1)c1cccnc1. The molecule has 0 fully saturated rings. The molecule has 0 saturated heterocycles. The van der Waals surface area contributed by atoms with Gasteiger partial charge in [-0.3, -0.25) is 14.7 Å². The second kappa shape index (κ2) is 6.78. The molecule has 0 radical (unpaired) electrons. The van der Waals surface area contributed by atoms with Crippen LogP contribution in [-0.2, 0) is 11.0 Å². The van der Waals surface area contributed by atoms with Gasteiger partial charge in [-0.25, -0.2) is 0 Å². The van der Waals surface area contributed by atoms with Crippen LogP contribution >= 0.6 is 0 Å². The molecule has 0 aliphatic carbocycles. The normalized spacial score (nSPS) is 13.0. The van der Waals surface area contributed by atoms with Crippen molar-refractivity contribution < 1.29 is 18.0 Å². The molecule has 1 atom stereocenters. The number of amides is 1. The summed E-state index contributed by atoms with van der Waals surface area (Å²) >= 11 is 0. The van der Waals surface area contributed by atoms with Crippen molar-refractivity contribution >= 4 is 11.6 Å². The summed E-state index contributed by atoms with van der Waals surface area (Å²) in [6.07, 6.45) is -1.32. The number of rotatable bonds is 4. The molecule has 1 heterocycles. The number of anilines is 1. The zero-order valence-corrected chi connectivity index (χ0v) is 12.6. The topological polar surface area (TPSA) is 45.2 Å². The Labute approximate surface area is 132 Å². The molecule has 1 aromatic heterocycles. The highest BCUT2D eigenvalue weighted by atomic mass is 19.4. The number of pyridine rings is 1. The van der Waals surface area contributed by atoms with Crippen molar-refractivity contribution in [1.82, 2.24) is 9.88 Å². The van der Waals surface area contributed by atoms with Crippen LogP contribution in [0.4, 0.5) is 18.9 Å². The highest BCUT2D eigenvalue weighted by Crippen LogP contribution is 2.31. The molecular formula is C16H16F3N3O. The second-order valence-corrected chi connectivity index (χ2v) is 5.22. The lowest BCUT2D eigenvalue weighted by Gasteiger charge is -2.23. The van der Waals surface area contributed by atoms with Crippen LogP contribution in [0.1, 0.15) is 17.2 Å². The van der Waals surface area contributed by atoms with Crippen LogP contribution in [0.15, 0.2) is 48.8 Å². The predicted octanol–water partition coefficient (Wildman–Crippen LogP) is 3.34. The van der Waals surface area contributed by atoms with E-state index in [1.165, 1.54) is 12.1 Å². The van der Waals surface area contributed by atoms with Gasteiger partial charge in [-0.05, 0) is 43.9 Å². The van der Waals surface area contributed by atoms with Crippen molar-refractivity contribution in [2.75, 3.05) is 19.4 Å². The van der Waals surface area contributed by atoms with Crippen LogP contribution in [-0.4, -0.2) is 29.9 Å². The van der Waals surface area contributed by atoms with Crippen molar-refractivity contribution in [3.05, 3.63) is 59.9 Å². The Hall–Kier alpha value is -2.41. The van der Waals surface area contributed by atoms with E-state index in [2.05, 4.69) is 10.3 Å². The lowest BCUT2D eigenvalue weighted by atomic mass is 10.1. The number of aromatic nitrogens is 1. The minimum Gasteiger partial charge on any atom is -0.324 e. The number of hydrogen-bond donors (Lipinski definition) is 1. The Morgan fingerprint density at radius 1 is 1.22 bits per heavy atom.